The van der Waals surface area contributed by atoms with Crippen LogP contribution >= 0.6 is 0 Å². The third-order valence-corrected chi connectivity index (χ3v) is 11.7. The lowest BCUT2D eigenvalue weighted by molar-refractivity contribution is -0.234. The van der Waals surface area contributed by atoms with Crippen molar-refractivity contribution in [3.8, 4) is 0 Å². The number of fused-ring (bicyclic) bond motifs is 5. The molecule has 4 aliphatic carbocycles. The van der Waals surface area contributed by atoms with E-state index in [0.29, 0.717) is 37.2 Å². The molecule has 10 atom stereocenters. The van der Waals surface area contributed by atoms with Gasteiger partial charge in [0.2, 0.25) is 0 Å². The van der Waals surface area contributed by atoms with Gasteiger partial charge in [0, 0.05) is 12.5 Å². The predicted molar refractivity (Wildman–Crippen MR) is 147 cm³/mol. The van der Waals surface area contributed by atoms with Crippen LogP contribution in [-0.2, 0) is 19.1 Å². The normalized spacial score (nSPS) is 45.3. The molecule has 6 nitrogen and oxygen atoms in total. The second-order valence-electron chi connectivity index (χ2n) is 13.8. The molecule has 38 heavy (non-hydrogen) atoms. The van der Waals surface area contributed by atoms with Gasteiger partial charge >= 0.3 is 11.9 Å². The number of hydrogen-bond acceptors (Lipinski definition) is 6. The number of aliphatic hydroxyl groups is 2. The van der Waals surface area contributed by atoms with Crippen molar-refractivity contribution in [2.24, 2.45) is 39.9 Å². The summed E-state index contributed by atoms with van der Waals surface area (Å²) in [5.74, 6) is -0.128. The molecule has 6 heteroatoms. The van der Waals surface area contributed by atoms with Crippen molar-refractivity contribution < 1.29 is 29.3 Å². The van der Waals surface area contributed by atoms with E-state index in [1.54, 1.807) is 0 Å². The van der Waals surface area contributed by atoms with Gasteiger partial charge in [-0.05, 0) is 111 Å². The van der Waals surface area contributed by atoms with Crippen molar-refractivity contribution in [2.45, 2.75) is 118 Å². The van der Waals surface area contributed by atoms with E-state index >= 15 is 0 Å². The summed E-state index contributed by atoms with van der Waals surface area (Å²) in [6.45, 7) is 14.7. The molecule has 2 N–H and O–H groups in total. The number of carbonyl (C=O) groups is 2. The number of carbonyl (C=O) groups excluding carboxylic acids is 2. The Kier molecular flexibility index (Phi) is 8.02. The molecule has 4 aliphatic rings. The monoisotopic (exact) mass is 530 g/mol. The molecule has 0 radical (unpaired) electrons. The number of allylic oxidation sites excluding steroid dienone is 2. The molecular weight excluding hydrogens is 480 g/mol. The first-order chi connectivity index (χ1) is 17.7. The first kappa shape index (κ1) is 29.3. The molecular formula is C32H50O6. The van der Waals surface area contributed by atoms with Crippen LogP contribution in [0.1, 0.15) is 99.8 Å². The van der Waals surface area contributed by atoms with E-state index in [1.807, 2.05) is 13.8 Å². The fourth-order valence-corrected chi connectivity index (χ4v) is 9.90. The Morgan fingerprint density at radius 1 is 1.03 bits per heavy atom. The lowest BCUT2D eigenvalue weighted by Crippen LogP contribution is -2.65. The third-order valence-electron chi connectivity index (χ3n) is 11.7. The number of methoxy groups -OCH3 is 1. The lowest BCUT2D eigenvalue weighted by Gasteiger charge is -2.69. The summed E-state index contributed by atoms with van der Waals surface area (Å²) in [5, 5.41) is 22.7. The average molecular weight is 531 g/mol. The van der Waals surface area contributed by atoms with Crippen molar-refractivity contribution >= 4 is 11.9 Å². The summed E-state index contributed by atoms with van der Waals surface area (Å²) in [6.07, 6.45) is 6.87. The van der Waals surface area contributed by atoms with E-state index in [9.17, 15) is 19.8 Å². The number of hydrogen-bond donors (Lipinski definition) is 2. The largest absolute Gasteiger partial charge is 0.466 e. The van der Waals surface area contributed by atoms with E-state index in [2.05, 4.69) is 33.8 Å². The van der Waals surface area contributed by atoms with E-state index in [0.717, 1.165) is 31.3 Å². The van der Waals surface area contributed by atoms with Crippen LogP contribution in [0.2, 0.25) is 0 Å². The molecule has 0 aromatic carbocycles. The Morgan fingerprint density at radius 3 is 2.32 bits per heavy atom. The Morgan fingerprint density at radius 2 is 1.71 bits per heavy atom. The van der Waals surface area contributed by atoms with Crippen LogP contribution in [0.15, 0.2) is 22.8 Å². The van der Waals surface area contributed by atoms with Crippen molar-refractivity contribution in [1.29, 1.82) is 0 Å². The van der Waals surface area contributed by atoms with Crippen molar-refractivity contribution in [2.75, 3.05) is 7.11 Å². The summed E-state index contributed by atoms with van der Waals surface area (Å²) in [7, 11) is 1.41. The highest BCUT2D eigenvalue weighted by molar-refractivity contribution is 5.90. The molecule has 0 heterocycles. The second kappa shape index (κ2) is 10.4. The van der Waals surface area contributed by atoms with E-state index in [4.69, 9.17) is 9.47 Å². The zero-order valence-electron chi connectivity index (χ0n) is 24.8. The van der Waals surface area contributed by atoms with Crippen LogP contribution < -0.4 is 0 Å². The molecule has 0 aromatic heterocycles. The van der Waals surface area contributed by atoms with Gasteiger partial charge in [-0.3, -0.25) is 4.79 Å². The first-order valence-electron chi connectivity index (χ1n) is 14.7. The fraction of sp³-hybridized carbons (Fsp3) is 0.812. The molecule has 0 spiro atoms. The third kappa shape index (κ3) is 4.48. The minimum absolute atomic E-state index is 0.0724. The highest BCUT2D eigenvalue weighted by Crippen LogP contribution is 2.74. The van der Waals surface area contributed by atoms with Crippen molar-refractivity contribution in [3.05, 3.63) is 22.8 Å². The minimum Gasteiger partial charge on any atom is -0.466 e. The summed E-state index contributed by atoms with van der Waals surface area (Å²) >= 11 is 0. The highest BCUT2D eigenvalue weighted by Gasteiger charge is 2.70. The number of ether oxygens (including phenoxy) is 2. The molecule has 0 saturated heterocycles. The van der Waals surface area contributed by atoms with Gasteiger partial charge in [-0.1, -0.05) is 39.3 Å². The average Bonchev–Trinajstić information content (AvgIpc) is 3.10. The molecule has 4 rings (SSSR count). The highest BCUT2D eigenvalue weighted by atomic mass is 16.5. The molecule has 0 aromatic rings. The topological polar surface area (TPSA) is 93.1 Å². The van der Waals surface area contributed by atoms with Crippen LogP contribution in [-0.4, -0.2) is 47.6 Å². The van der Waals surface area contributed by atoms with Crippen LogP contribution in [0.5, 0.6) is 0 Å². The zero-order valence-corrected chi connectivity index (χ0v) is 24.8. The van der Waals surface area contributed by atoms with Gasteiger partial charge < -0.3 is 19.7 Å². The van der Waals surface area contributed by atoms with Gasteiger partial charge in [0.15, 0.2) is 0 Å². The minimum atomic E-state index is -0.531. The number of esters is 2. The lowest BCUT2D eigenvalue weighted by atomic mass is 9.36. The predicted octanol–water partition coefficient (Wildman–Crippen LogP) is 5.75. The summed E-state index contributed by atoms with van der Waals surface area (Å²) in [6, 6.07) is 0. The second-order valence-corrected chi connectivity index (χ2v) is 13.8. The van der Waals surface area contributed by atoms with E-state index < -0.39 is 12.2 Å². The Hall–Kier alpha value is -1.66. The number of aliphatic hydroxyl groups excluding tert-OH is 2. The van der Waals surface area contributed by atoms with Crippen LogP contribution in [0.3, 0.4) is 0 Å². The molecule has 4 fully saturated rings. The van der Waals surface area contributed by atoms with Gasteiger partial charge in [-0.2, -0.15) is 0 Å². The van der Waals surface area contributed by atoms with Crippen LogP contribution in [0.4, 0.5) is 0 Å². The first-order valence-corrected chi connectivity index (χ1v) is 14.7. The van der Waals surface area contributed by atoms with Gasteiger partial charge in [0.25, 0.3) is 0 Å². The molecule has 0 bridgehead atoms. The van der Waals surface area contributed by atoms with Gasteiger partial charge in [-0.25, -0.2) is 4.79 Å². The van der Waals surface area contributed by atoms with Crippen molar-refractivity contribution in [3.63, 3.8) is 0 Å². The molecule has 1 unspecified atom stereocenters. The molecule has 214 valence electrons. The van der Waals surface area contributed by atoms with Gasteiger partial charge in [0.05, 0.1) is 19.3 Å². The van der Waals surface area contributed by atoms with Crippen LogP contribution in [0.25, 0.3) is 0 Å². The standard InChI is InChI=1S/C32H50O6/c1-18(2)10-9-11-21(29(36)37-8)27-23-16-25(35)28-30(5)14-13-24(34)19(3)22(30)12-15-31(28,6)32(23,7)17-26(27)38-20(4)33/h10,19,22-26,28,34-35H,9,11-17H2,1-8H3/b27-21-/t19-,22?,23+,24+,25+,26-,28+,30-,31-,32-/m0/s1. The molecule has 0 amide bonds. The van der Waals surface area contributed by atoms with E-state index in [1.165, 1.54) is 19.6 Å². The SMILES string of the molecule is COC(=O)/C(CCC=C(C)C)=C1\[C@@H](OC(C)=O)C[C@@]2(C)[C@@H]1C[C@@H](O)[C@@H]1[C@@]3(C)CC[C@@H](O)[C@@H](C)C3CC[C@@]12C. The molecule has 4 saturated carbocycles. The maximum atomic E-state index is 13.2. The summed E-state index contributed by atoms with van der Waals surface area (Å²) in [4.78, 5) is 25.5. The van der Waals surface area contributed by atoms with Gasteiger partial charge in [-0.15, -0.1) is 0 Å². The maximum Gasteiger partial charge on any atom is 0.333 e. The Balaban J connectivity index is 1.84. The van der Waals surface area contributed by atoms with Gasteiger partial charge in [0.1, 0.15) is 6.10 Å². The Labute approximate surface area is 229 Å². The fourth-order valence-electron chi connectivity index (χ4n) is 9.90. The maximum absolute atomic E-state index is 13.2. The van der Waals surface area contributed by atoms with Crippen molar-refractivity contribution in [1.82, 2.24) is 0 Å². The molecule has 0 aliphatic heterocycles. The number of rotatable bonds is 5. The summed E-state index contributed by atoms with van der Waals surface area (Å²) < 4.78 is 11.2. The zero-order chi connectivity index (χ0) is 28.2. The van der Waals surface area contributed by atoms with E-state index in [-0.39, 0.29) is 52.0 Å². The Bertz CT molecular complexity index is 1010. The van der Waals surface area contributed by atoms with Crippen LogP contribution in [0, 0.1) is 39.9 Å². The smallest absolute Gasteiger partial charge is 0.333 e. The quantitative estimate of drug-likeness (QED) is 0.267. The summed E-state index contributed by atoms with van der Waals surface area (Å²) in [5.41, 5.74) is 2.13.